The fraction of sp³-hybridized carbons (Fsp3) is 0.500. The van der Waals surface area contributed by atoms with Crippen LogP contribution in [-0.4, -0.2) is 35.8 Å². The first-order chi connectivity index (χ1) is 10.8. The highest BCUT2D eigenvalue weighted by molar-refractivity contribution is 6.30. The second kappa shape index (κ2) is 7.26. The van der Waals surface area contributed by atoms with Crippen molar-refractivity contribution < 1.29 is 14.3 Å². The molecule has 1 amide bonds. The van der Waals surface area contributed by atoms with Gasteiger partial charge in [-0.15, -0.1) is 0 Å². The van der Waals surface area contributed by atoms with Crippen molar-refractivity contribution in [3.8, 4) is 5.75 Å². The van der Waals surface area contributed by atoms with E-state index in [9.17, 15) is 4.79 Å². The molecule has 1 aromatic rings. The van der Waals surface area contributed by atoms with E-state index in [-0.39, 0.29) is 12.2 Å². The van der Waals surface area contributed by atoms with Gasteiger partial charge in [-0.25, -0.2) is 4.79 Å². The van der Waals surface area contributed by atoms with Crippen LogP contribution < -0.4 is 4.74 Å². The number of hydrogen-bond acceptors (Lipinski definition) is 3. The van der Waals surface area contributed by atoms with E-state index in [4.69, 9.17) is 21.1 Å². The van der Waals surface area contributed by atoms with Crippen LogP contribution >= 0.6 is 11.6 Å². The summed E-state index contributed by atoms with van der Waals surface area (Å²) in [6.45, 7) is 10.7. The third-order valence-electron chi connectivity index (χ3n) is 3.58. The van der Waals surface area contributed by atoms with Gasteiger partial charge in [0.15, 0.2) is 0 Å². The Morgan fingerprint density at radius 2 is 2.00 bits per heavy atom. The summed E-state index contributed by atoms with van der Waals surface area (Å²) in [6, 6.07) is 5.50. The first kappa shape index (κ1) is 17.7. The van der Waals surface area contributed by atoms with Crippen molar-refractivity contribution in [2.24, 2.45) is 0 Å². The second-order valence-electron chi connectivity index (χ2n) is 6.67. The maximum Gasteiger partial charge on any atom is 0.410 e. The third-order valence-corrected chi connectivity index (χ3v) is 3.81. The van der Waals surface area contributed by atoms with E-state index in [2.05, 4.69) is 6.58 Å². The number of benzene rings is 1. The monoisotopic (exact) mass is 337 g/mol. The first-order valence-corrected chi connectivity index (χ1v) is 8.23. The average molecular weight is 338 g/mol. The minimum Gasteiger partial charge on any atom is -0.490 e. The average Bonchev–Trinajstić information content (AvgIpc) is 2.48. The van der Waals surface area contributed by atoms with Crippen molar-refractivity contribution in [2.75, 3.05) is 13.1 Å². The standard InChI is InChI=1S/C18H24ClNO3/c1-5-13-12-14(19)6-7-16(13)22-15-8-10-20(11-9-15)17(21)23-18(2,3)4/h5-7,12,15H,1,8-11H2,2-4H3. The highest BCUT2D eigenvalue weighted by Gasteiger charge is 2.27. The highest BCUT2D eigenvalue weighted by atomic mass is 35.5. The van der Waals surface area contributed by atoms with Gasteiger partial charge in [-0.05, 0) is 39.0 Å². The summed E-state index contributed by atoms with van der Waals surface area (Å²) in [7, 11) is 0. The number of carbonyl (C=O) groups excluding carboxylic acids is 1. The Balaban J connectivity index is 1.90. The maximum atomic E-state index is 12.1. The van der Waals surface area contributed by atoms with E-state index >= 15 is 0 Å². The number of nitrogens with zero attached hydrogens (tertiary/aromatic N) is 1. The van der Waals surface area contributed by atoms with E-state index in [1.807, 2.05) is 32.9 Å². The van der Waals surface area contributed by atoms with E-state index in [0.717, 1.165) is 24.2 Å². The second-order valence-corrected chi connectivity index (χ2v) is 7.11. The first-order valence-electron chi connectivity index (χ1n) is 7.85. The van der Waals surface area contributed by atoms with Crippen LogP contribution in [-0.2, 0) is 4.74 Å². The number of ether oxygens (including phenoxy) is 2. The van der Waals surface area contributed by atoms with Crippen molar-refractivity contribution >= 4 is 23.8 Å². The van der Waals surface area contributed by atoms with Crippen molar-refractivity contribution in [1.29, 1.82) is 0 Å². The molecule has 0 aromatic heterocycles. The molecule has 4 nitrogen and oxygen atoms in total. The van der Waals surface area contributed by atoms with Crippen LogP contribution in [0.1, 0.15) is 39.2 Å². The van der Waals surface area contributed by atoms with Crippen LogP contribution in [0.15, 0.2) is 24.8 Å². The third kappa shape index (κ3) is 5.17. The molecular formula is C18H24ClNO3. The lowest BCUT2D eigenvalue weighted by molar-refractivity contribution is 0.0126. The number of piperidine rings is 1. The van der Waals surface area contributed by atoms with Crippen molar-refractivity contribution in [2.45, 2.75) is 45.3 Å². The molecular weight excluding hydrogens is 314 g/mol. The lowest BCUT2D eigenvalue weighted by Crippen LogP contribution is -2.44. The van der Waals surface area contributed by atoms with Gasteiger partial charge in [0.05, 0.1) is 0 Å². The lowest BCUT2D eigenvalue weighted by atomic mass is 10.1. The molecule has 1 saturated heterocycles. The van der Waals surface area contributed by atoms with Crippen LogP contribution in [0.4, 0.5) is 4.79 Å². The maximum absolute atomic E-state index is 12.1. The zero-order valence-electron chi connectivity index (χ0n) is 14.0. The van der Waals surface area contributed by atoms with E-state index in [1.165, 1.54) is 0 Å². The Hall–Kier alpha value is -1.68. The summed E-state index contributed by atoms with van der Waals surface area (Å²) >= 11 is 5.98. The summed E-state index contributed by atoms with van der Waals surface area (Å²) < 4.78 is 11.5. The fourth-order valence-corrected chi connectivity index (χ4v) is 2.63. The molecule has 0 spiro atoms. The molecule has 0 N–H and O–H groups in total. The van der Waals surface area contributed by atoms with Gasteiger partial charge in [0.25, 0.3) is 0 Å². The summed E-state index contributed by atoms with van der Waals surface area (Å²) in [5, 5.41) is 0.659. The van der Waals surface area contributed by atoms with E-state index in [1.54, 1.807) is 17.0 Å². The molecule has 1 heterocycles. The Bertz CT molecular complexity index is 572. The summed E-state index contributed by atoms with van der Waals surface area (Å²) in [5.74, 6) is 0.778. The predicted octanol–water partition coefficient (Wildman–Crippen LogP) is 4.76. The molecule has 0 aliphatic carbocycles. The quantitative estimate of drug-likeness (QED) is 0.798. The zero-order chi connectivity index (χ0) is 17.0. The normalized spacial score (nSPS) is 16.1. The SMILES string of the molecule is C=Cc1cc(Cl)ccc1OC1CCN(C(=O)OC(C)(C)C)CC1. The Labute approximate surface area is 143 Å². The number of rotatable bonds is 3. The molecule has 5 heteroatoms. The molecule has 1 aliphatic rings. The van der Waals surface area contributed by atoms with Crippen LogP contribution in [0.3, 0.4) is 0 Å². The Morgan fingerprint density at radius 3 is 2.57 bits per heavy atom. The Kier molecular flexibility index (Phi) is 5.58. The minimum atomic E-state index is -0.466. The Morgan fingerprint density at radius 1 is 1.35 bits per heavy atom. The highest BCUT2D eigenvalue weighted by Crippen LogP contribution is 2.27. The number of amides is 1. The van der Waals surface area contributed by atoms with Gasteiger partial charge in [0.1, 0.15) is 17.5 Å². The largest absolute Gasteiger partial charge is 0.490 e. The van der Waals surface area contributed by atoms with E-state index in [0.29, 0.717) is 18.1 Å². The number of carbonyl (C=O) groups is 1. The van der Waals surface area contributed by atoms with Gasteiger partial charge in [-0.2, -0.15) is 0 Å². The number of halogens is 1. The van der Waals surface area contributed by atoms with Gasteiger partial charge in [0.2, 0.25) is 0 Å². The predicted molar refractivity (Wildman–Crippen MR) is 93.0 cm³/mol. The molecule has 126 valence electrons. The molecule has 0 radical (unpaired) electrons. The molecule has 0 unspecified atom stereocenters. The van der Waals surface area contributed by atoms with Crippen molar-refractivity contribution in [3.05, 3.63) is 35.4 Å². The molecule has 0 saturated carbocycles. The molecule has 1 aromatic carbocycles. The van der Waals surface area contributed by atoms with Gasteiger partial charge in [0, 0.05) is 36.5 Å². The van der Waals surface area contributed by atoms with Crippen molar-refractivity contribution in [1.82, 2.24) is 4.90 Å². The topological polar surface area (TPSA) is 38.8 Å². The summed E-state index contributed by atoms with van der Waals surface area (Å²) in [4.78, 5) is 13.8. The molecule has 23 heavy (non-hydrogen) atoms. The van der Waals surface area contributed by atoms with Crippen LogP contribution in [0.25, 0.3) is 6.08 Å². The van der Waals surface area contributed by atoms with Crippen LogP contribution in [0, 0.1) is 0 Å². The van der Waals surface area contributed by atoms with Gasteiger partial charge in [-0.3, -0.25) is 0 Å². The molecule has 0 atom stereocenters. The zero-order valence-corrected chi connectivity index (χ0v) is 14.7. The van der Waals surface area contributed by atoms with Gasteiger partial charge >= 0.3 is 6.09 Å². The van der Waals surface area contributed by atoms with E-state index < -0.39 is 5.60 Å². The molecule has 2 rings (SSSR count). The molecule has 1 aliphatic heterocycles. The van der Waals surface area contributed by atoms with Crippen LogP contribution in [0.2, 0.25) is 5.02 Å². The van der Waals surface area contributed by atoms with Gasteiger partial charge in [-0.1, -0.05) is 24.3 Å². The van der Waals surface area contributed by atoms with Gasteiger partial charge < -0.3 is 14.4 Å². The summed E-state index contributed by atoms with van der Waals surface area (Å²) in [6.07, 6.45) is 3.11. The number of hydrogen-bond donors (Lipinski definition) is 0. The fourth-order valence-electron chi connectivity index (χ4n) is 2.45. The number of likely N-dealkylation sites (tertiary alicyclic amines) is 1. The smallest absolute Gasteiger partial charge is 0.410 e. The van der Waals surface area contributed by atoms with Crippen molar-refractivity contribution in [3.63, 3.8) is 0 Å². The lowest BCUT2D eigenvalue weighted by Gasteiger charge is -2.33. The molecule has 0 bridgehead atoms. The van der Waals surface area contributed by atoms with Crippen LogP contribution in [0.5, 0.6) is 5.75 Å². The minimum absolute atomic E-state index is 0.0774. The summed E-state index contributed by atoms with van der Waals surface area (Å²) in [5.41, 5.74) is 0.416. The molecule has 1 fully saturated rings.